The van der Waals surface area contributed by atoms with Crippen molar-refractivity contribution < 1.29 is 59.5 Å². The van der Waals surface area contributed by atoms with Crippen LogP contribution in [0.1, 0.15) is 27.6 Å². The summed E-state index contributed by atoms with van der Waals surface area (Å²) in [7, 11) is 1.27. The van der Waals surface area contributed by atoms with Gasteiger partial charge < -0.3 is 54.7 Å². The fourth-order valence-corrected chi connectivity index (χ4v) is 4.33. The third-order valence-corrected chi connectivity index (χ3v) is 6.27. The highest BCUT2D eigenvalue weighted by Crippen LogP contribution is 2.49. The third-order valence-electron chi connectivity index (χ3n) is 6.27. The zero-order valence-corrected chi connectivity index (χ0v) is 19.2. The van der Waals surface area contributed by atoms with Gasteiger partial charge in [0.25, 0.3) is 0 Å². The highest BCUT2D eigenvalue weighted by Gasteiger charge is 2.59. The minimum absolute atomic E-state index is 0.0585. The maximum atomic E-state index is 12.8. The Labute approximate surface area is 208 Å². The molecule has 4 unspecified atom stereocenters. The van der Waals surface area contributed by atoms with Gasteiger partial charge in [-0.2, -0.15) is 0 Å². The van der Waals surface area contributed by atoms with Crippen LogP contribution in [0, 0.1) is 0 Å². The van der Waals surface area contributed by atoms with Gasteiger partial charge in [-0.1, -0.05) is 6.07 Å². The molecule has 0 spiro atoms. The van der Waals surface area contributed by atoms with Gasteiger partial charge in [0.1, 0.15) is 29.4 Å². The lowest BCUT2D eigenvalue weighted by Crippen LogP contribution is -2.63. The Morgan fingerprint density at radius 2 is 1.68 bits per heavy atom. The van der Waals surface area contributed by atoms with E-state index in [1.165, 1.54) is 43.5 Å². The van der Waals surface area contributed by atoms with Crippen LogP contribution in [0.15, 0.2) is 48.5 Å². The van der Waals surface area contributed by atoms with E-state index in [0.717, 1.165) is 12.1 Å². The molecule has 7 N–H and O–H groups in total. The Hall–Kier alpha value is -4.23. The van der Waals surface area contributed by atoms with Crippen molar-refractivity contribution >= 4 is 5.78 Å². The number of aromatic hydroxyl groups is 3. The summed E-state index contributed by atoms with van der Waals surface area (Å²) in [4.78, 5) is 12.8. The summed E-state index contributed by atoms with van der Waals surface area (Å²) < 4.78 is 22.0. The van der Waals surface area contributed by atoms with Crippen LogP contribution in [-0.2, 0) is 5.79 Å². The van der Waals surface area contributed by atoms with Gasteiger partial charge in [-0.15, -0.1) is 0 Å². The second-order valence-corrected chi connectivity index (χ2v) is 8.57. The first kappa shape index (κ1) is 24.5. The minimum Gasteiger partial charge on any atom is -0.508 e. The zero-order chi connectivity index (χ0) is 26.7. The number of ether oxygens (including phenoxy) is 4. The van der Waals surface area contributed by atoms with Crippen LogP contribution < -0.4 is 18.9 Å². The van der Waals surface area contributed by atoms with Crippen LogP contribution >= 0.6 is 0 Å². The second kappa shape index (κ2) is 8.42. The molecule has 0 saturated carbocycles. The summed E-state index contributed by atoms with van der Waals surface area (Å²) in [6.07, 6.45) is -3.06. The van der Waals surface area contributed by atoms with Crippen LogP contribution in [0.25, 0.3) is 0 Å². The molecule has 0 bridgehead atoms. The molecule has 194 valence electrons. The zero-order valence-electron chi connectivity index (χ0n) is 19.2. The van der Waals surface area contributed by atoms with Gasteiger partial charge in [-0.05, 0) is 35.9 Å². The van der Waals surface area contributed by atoms with Gasteiger partial charge >= 0.3 is 11.6 Å². The van der Waals surface area contributed by atoms with Gasteiger partial charge in [0.05, 0.1) is 7.11 Å². The first-order valence-electron chi connectivity index (χ1n) is 10.9. The quantitative estimate of drug-likeness (QED) is 0.259. The number of carbonyl (C=O) groups excluding carboxylic acids is 1. The topological polar surface area (TPSA) is 196 Å². The van der Waals surface area contributed by atoms with Crippen LogP contribution in [-0.4, -0.2) is 67.1 Å². The summed E-state index contributed by atoms with van der Waals surface area (Å²) in [5.41, 5.74) is -0.252. The normalized spacial score (nSPS) is 26.2. The number of aliphatic hydroxyl groups is 4. The van der Waals surface area contributed by atoms with Crippen LogP contribution in [0.2, 0.25) is 0 Å². The first-order chi connectivity index (χ1) is 17.5. The second-order valence-electron chi connectivity index (χ2n) is 8.57. The van der Waals surface area contributed by atoms with E-state index in [1.54, 1.807) is 0 Å². The first-order valence-corrected chi connectivity index (χ1v) is 10.9. The van der Waals surface area contributed by atoms with Gasteiger partial charge in [0.15, 0.2) is 35.2 Å². The number of fused-ring (bicyclic) bond motifs is 2. The van der Waals surface area contributed by atoms with E-state index < -0.39 is 41.9 Å². The minimum atomic E-state index is -2.71. The van der Waals surface area contributed by atoms with Gasteiger partial charge in [-0.25, -0.2) is 0 Å². The lowest BCUT2D eigenvalue weighted by molar-refractivity contribution is -0.362. The number of carbonyl (C=O) groups is 1. The van der Waals surface area contributed by atoms with Crippen molar-refractivity contribution in [1.82, 2.24) is 0 Å². The fourth-order valence-electron chi connectivity index (χ4n) is 4.33. The Balaban J connectivity index is 1.56. The predicted molar refractivity (Wildman–Crippen MR) is 122 cm³/mol. The Kier molecular flexibility index (Phi) is 5.57. The van der Waals surface area contributed by atoms with Crippen molar-refractivity contribution in [3.8, 4) is 40.2 Å². The average molecular weight is 514 g/mol. The number of benzene rings is 3. The molecular weight excluding hydrogens is 492 g/mol. The van der Waals surface area contributed by atoms with Crippen molar-refractivity contribution in [3.05, 3.63) is 65.2 Å². The maximum absolute atomic E-state index is 12.8. The molecule has 5 rings (SSSR count). The lowest BCUT2D eigenvalue weighted by Gasteiger charge is -2.45. The maximum Gasteiger partial charge on any atom is 0.304 e. The average Bonchev–Trinajstić information content (AvgIpc) is 2.86. The molecule has 0 radical (unpaired) electrons. The Bertz CT molecular complexity index is 1400. The number of methoxy groups -OCH3 is 1. The largest absolute Gasteiger partial charge is 0.508 e. The monoisotopic (exact) mass is 514 g/mol. The lowest BCUT2D eigenvalue weighted by atomic mass is 9.92. The molecule has 2 heterocycles. The highest BCUT2D eigenvalue weighted by molar-refractivity contribution is 6.05. The fraction of sp³-hybridized carbons (Fsp3) is 0.240. The molecule has 0 aliphatic carbocycles. The molecule has 37 heavy (non-hydrogen) atoms. The summed E-state index contributed by atoms with van der Waals surface area (Å²) in [5.74, 6) is -7.88. The summed E-state index contributed by atoms with van der Waals surface area (Å²) in [6, 6.07) is 9.61. The number of hydrogen-bond acceptors (Lipinski definition) is 12. The number of rotatable bonds is 4. The van der Waals surface area contributed by atoms with Crippen LogP contribution in [0.4, 0.5) is 0 Å². The van der Waals surface area contributed by atoms with Crippen molar-refractivity contribution in [3.63, 3.8) is 0 Å². The number of phenols is 3. The molecule has 12 heteroatoms. The van der Waals surface area contributed by atoms with Crippen molar-refractivity contribution in [2.75, 3.05) is 13.7 Å². The number of phenolic OH excluding ortho intramolecular Hbond substituents is 3. The van der Waals surface area contributed by atoms with E-state index in [0.29, 0.717) is 0 Å². The van der Waals surface area contributed by atoms with E-state index in [2.05, 4.69) is 0 Å². The van der Waals surface area contributed by atoms with Crippen LogP contribution in [0.5, 0.6) is 40.2 Å². The SMILES string of the molecule is COc1cc(C2(O)Oc3cc(C4Oc5cc(O)cc(O)c5C(=O)C4O)ccc3OC2(O)CO)ccc1O. The van der Waals surface area contributed by atoms with E-state index in [4.69, 9.17) is 18.9 Å². The summed E-state index contributed by atoms with van der Waals surface area (Å²) in [6.45, 7) is -1.10. The smallest absolute Gasteiger partial charge is 0.304 e. The molecule has 2 aliphatic rings. The molecule has 2 aliphatic heterocycles. The molecule has 0 saturated heterocycles. The van der Waals surface area contributed by atoms with E-state index in [-0.39, 0.29) is 51.2 Å². The van der Waals surface area contributed by atoms with E-state index in [9.17, 15) is 40.5 Å². The number of ketones is 1. The predicted octanol–water partition coefficient (Wildman–Crippen LogP) is 0.787. The van der Waals surface area contributed by atoms with Crippen molar-refractivity contribution in [2.45, 2.75) is 23.8 Å². The molecule has 4 atom stereocenters. The Morgan fingerprint density at radius 1 is 0.919 bits per heavy atom. The molecule has 0 aromatic heterocycles. The summed E-state index contributed by atoms with van der Waals surface area (Å²) >= 11 is 0. The van der Waals surface area contributed by atoms with E-state index >= 15 is 0 Å². The molecule has 3 aromatic rings. The number of Topliss-reactive ketones (excluding diaryl/α,β-unsaturated/α-hetero) is 1. The van der Waals surface area contributed by atoms with Crippen molar-refractivity contribution in [2.24, 2.45) is 0 Å². The molecule has 12 nitrogen and oxygen atoms in total. The Morgan fingerprint density at radius 3 is 2.38 bits per heavy atom. The van der Waals surface area contributed by atoms with Gasteiger partial charge in [0, 0.05) is 17.7 Å². The summed E-state index contributed by atoms with van der Waals surface area (Å²) in [5, 5.41) is 72.6. The van der Waals surface area contributed by atoms with Crippen molar-refractivity contribution in [1.29, 1.82) is 0 Å². The van der Waals surface area contributed by atoms with Crippen LogP contribution in [0.3, 0.4) is 0 Å². The third kappa shape index (κ3) is 3.65. The standard InChI is InChI=1S/C25H22O12/c1-34-17-7-12(3-4-14(17)28)25(33)24(32,10-26)36-16-5-2-11(6-18(16)37-25)23-22(31)21(30)20-15(29)8-13(27)9-19(20)35-23/h2-9,22-23,26-29,31-33H,10H2,1H3. The van der Waals surface area contributed by atoms with Gasteiger partial charge in [0.2, 0.25) is 5.78 Å². The molecular formula is C25H22O12. The molecule has 0 amide bonds. The number of hydrogen-bond donors (Lipinski definition) is 7. The van der Waals surface area contributed by atoms with Gasteiger partial charge in [-0.3, -0.25) is 4.79 Å². The molecule has 0 fully saturated rings. The number of aliphatic hydroxyl groups excluding tert-OH is 2. The highest BCUT2D eigenvalue weighted by atomic mass is 16.7. The molecule has 3 aromatic carbocycles. The van der Waals surface area contributed by atoms with E-state index in [1.807, 2.05) is 0 Å².